The molecule has 0 saturated carbocycles. The van der Waals surface area contributed by atoms with Gasteiger partial charge >= 0.3 is 6.09 Å². The van der Waals surface area contributed by atoms with Crippen molar-refractivity contribution in [1.29, 1.82) is 0 Å². The number of nitrogens with zero attached hydrogens (tertiary/aromatic N) is 1. The van der Waals surface area contributed by atoms with Gasteiger partial charge in [-0.2, -0.15) is 0 Å². The van der Waals surface area contributed by atoms with Gasteiger partial charge in [0.2, 0.25) is 5.91 Å². The molecule has 0 saturated heterocycles. The lowest BCUT2D eigenvalue weighted by molar-refractivity contribution is -0.114. The van der Waals surface area contributed by atoms with Gasteiger partial charge in [0.1, 0.15) is 12.1 Å². The zero-order valence-corrected chi connectivity index (χ0v) is 13.3. The van der Waals surface area contributed by atoms with Crippen molar-refractivity contribution in [3.05, 3.63) is 29.8 Å². The van der Waals surface area contributed by atoms with E-state index in [1.54, 1.807) is 20.8 Å². The van der Waals surface area contributed by atoms with Crippen molar-refractivity contribution in [1.82, 2.24) is 5.32 Å². The van der Waals surface area contributed by atoms with Gasteiger partial charge in [-0.25, -0.2) is 4.79 Å². The van der Waals surface area contributed by atoms with E-state index < -0.39 is 11.7 Å². The Bertz CT molecular complexity index is 617. The first-order valence-corrected chi connectivity index (χ1v) is 7.19. The second kappa shape index (κ2) is 6.17. The molecular weight excluding hydrogens is 282 g/mol. The summed E-state index contributed by atoms with van der Waals surface area (Å²) in [5, 5.41) is 5.56. The summed E-state index contributed by atoms with van der Waals surface area (Å²) in [6.07, 6.45) is -0.510. The van der Waals surface area contributed by atoms with Crippen molar-refractivity contribution in [2.45, 2.75) is 39.3 Å². The van der Waals surface area contributed by atoms with Gasteiger partial charge in [0.25, 0.3) is 0 Å². The lowest BCUT2D eigenvalue weighted by Gasteiger charge is -2.23. The van der Waals surface area contributed by atoms with Gasteiger partial charge < -0.3 is 15.4 Å². The quantitative estimate of drug-likeness (QED) is 0.880. The molecule has 1 aliphatic heterocycles. The Morgan fingerprint density at radius 3 is 2.73 bits per heavy atom. The number of benzodiazepines with no additional fused rings is 1. The lowest BCUT2D eigenvalue weighted by atomic mass is 10.0. The number of benzene rings is 1. The van der Waals surface area contributed by atoms with E-state index in [4.69, 9.17) is 4.74 Å². The Balaban J connectivity index is 2.20. The molecule has 22 heavy (non-hydrogen) atoms. The van der Waals surface area contributed by atoms with E-state index in [1.165, 1.54) is 0 Å². The topological polar surface area (TPSA) is 79.8 Å². The lowest BCUT2D eigenvalue weighted by Crippen LogP contribution is -2.42. The van der Waals surface area contributed by atoms with Crippen LogP contribution in [0.15, 0.2) is 29.3 Å². The Morgan fingerprint density at radius 2 is 2.05 bits per heavy atom. The van der Waals surface area contributed by atoms with Crippen LogP contribution in [0, 0.1) is 0 Å². The number of rotatable bonds is 2. The average Bonchev–Trinajstić information content (AvgIpc) is 2.54. The van der Waals surface area contributed by atoms with Crippen LogP contribution in [0.2, 0.25) is 0 Å². The number of fused-ring (bicyclic) bond motifs is 1. The number of nitrogens with one attached hydrogen (secondary N) is 2. The molecule has 2 rings (SSSR count). The third-order valence-electron chi connectivity index (χ3n) is 3.01. The molecule has 0 spiro atoms. The second-order valence-electron chi connectivity index (χ2n) is 6.16. The zero-order valence-electron chi connectivity index (χ0n) is 13.3. The maximum Gasteiger partial charge on any atom is 0.408 e. The minimum Gasteiger partial charge on any atom is -0.444 e. The number of ether oxygens (including phenoxy) is 1. The van der Waals surface area contributed by atoms with Crippen LogP contribution in [0.1, 0.15) is 33.3 Å². The summed E-state index contributed by atoms with van der Waals surface area (Å²) in [5.74, 6) is -0.174. The molecule has 1 aromatic rings. The van der Waals surface area contributed by atoms with Crippen molar-refractivity contribution in [3.63, 3.8) is 0 Å². The van der Waals surface area contributed by atoms with Gasteiger partial charge in [0.15, 0.2) is 0 Å². The Kier molecular flexibility index (Phi) is 4.49. The molecule has 0 radical (unpaired) electrons. The highest BCUT2D eigenvalue weighted by Gasteiger charge is 2.24. The number of carbonyl (C=O) groups is 2. The number of para-hydroxylation sites is 1. The van der Waals surface area contributed by atoms with Gasteiger partial charge in [-0.3, -0.25) is 9.79 Å². The molecule has 6 nitrogen and oxygen atoms in total. The molecule has 1 aliphatic rings. The van der Waals surface area contributed by atoms with E-state index in [9.17, 15) is 9.59 Å². The fraction of sp³-hybridized carbons (Fsp3) is 0.438. The molecule has 2 N–H and O–H groups in total. The Hall–Kier alpha value is -2.37. The standard InChI is InChI=1S/C16H21N3O3/c1-10(18-15(21)22-16(2,3)4)14-11-7-5-6-8-12(11)19-13(20)9-17-14/h5-8,10H,9H2,1-4H3,(H,18,21)(H,19,20)/t10-/m0/s1. The van der Waals surface area contributed by atoms with E-state index in [-0.39, 0.29) is 18.5 Å². The van der Waals surface area contributed by atoms with Crippen molar-refractivity contribution < 1.29 is 14.3 Å². The molecular formula is C16H21N3O3. The van der Waals surface area contributed by atoms with Gasteiger partial charge in [-0.05, 0) is 33.8 Å². The molecule has 1 heterocycles. The first-order valence-electron chi connectivity index (χ1n) is 7.19. The van der Waals surface area contributed by atoms with Crippen LogP contribution in [0.4, 0.5) is 10.5 Å². The highest BCUT2D eigenvalue weighted by molar-refractivity contribution is 6.13. The van der Waals surface area contributed by atoms with Gasteiger partial charge in [-0.15, -0.1) is 0 Å². The van der Waals surface area contributed by atoms with Crippen LogP contribution in [-0.2, 0) is 9.53 Å². The van der Waals surface area contributed by atoms with E-state index in [1.807, 2.05) is 31.2 Å². The Labute approximate surface area is 130 Å². The number of anilines is 1. The first kappa shape index (κ1) is 16.0. The van der Waals surface area contributed by atoms with E-state index in [0.29, 0.717) is 11.4 Å². The van der Waals surface area contributed by atoms with E-state index in [2.05, 4.69) is 15.6 Å². The van der Waals surface area contributed by atoms with Crippen LogP contribution >= 0.6 is 0 Å². The summed E-state index contributed by atoms with van der Waals surface area (Å²) < 4.78 is 5.25. The van der Waals surface area contributed by atoms with Crippen LogP contribution in [0.25, 0.3) is 0 Å². The van der Waals surface area contributed by atoms with Gasteiger partial charge in [-0.1, -0.05) is 18.2 Å². The number of amides is 2. The predicted molar refractivity (Wildman–Crippen MR) is 85.3 cm³/mol. The third-order valence-corrected chi connectivity index (χ3v) is 3.01. The molecule has 118 valence electrons. The number of hydrogen-bond acceptors (Lipinski definition) is 4. The van der Waals surface area contributed by atoms with Crippen molar-refractivity contribution in [2.75, 3.05) is 11.9 Å². The summed E-state index contributed by atoms with van der Waals surface area (Å²) in [4.78, 5) is 27.9. The number of carbonyl (C=O) groups excluding carboxylic acids is 2. The molecule has 0 aromatic heterocycles. The summed E-state index contributed by atoms with van der Waals surface area (Å²) in [6, 6.07) is 7.02. The van der Waals surface area contributed by atoms with Gasteiger partial charge in [0, 0.05) is 11.3 Å². The normalized spacial score (nSPS) is 15.8. The number of aliphatic imine (C=N–C) groups is 1. The SMILES string of the molecule is C[C@H](NC(=O)OC(C)(C)C)C1=NCC(=O)Nc2ccccc21. The fourth-order valence-corrected chi connectivity index (χ4v) is 2.17. The monoisotopic (exact) mass is 303 g/mol. The second-order valence-corrected chi connectivity index (χ2v) is 6.16. The van der Waals surface area contributed by atoms with Crippen LogP contribution in [0.5, 0.6) is 0 Å². The molecule has 0 aliphatic carbocycles. The molecule has 6 heteroatoms. The zero-order chi connectivity index (χ0) is 16.3. The van der Waals surface area contributed by atoms with Gasteiger partial charge in [0.05, 0.1) is 11.8 Å². The average molecular weight is 303 g/mol. The fourth-order valence-electron chi connectivity index (χ4n) is 2.17. The smallest absolute Gasteiger partial charge is 0.408 e. The van der Waals surface area contributed by atoms with Crippen LogP contribution in [0.3, 0.4) is 0 Å². The summed E-state index contributed by atoms with van der Waals surface area (Å²) in [6.45, 7) is 7.26. The third kappa shape index (κ3) is 4.07. The highest BCUT2D eigenvalue weighted by atomic mass is 16.6. The molecule has 0 fully saturated rings. The largest absolute Gasteiger partial charge is 0.444 e. The molecule has 0 unspecified atom stereocenters. The number of alkyl carbamates (subject to hydrolysis) is 1. The maximum atomic E-state index is 11.9. The van der Waals surface area contributed by atoms with Crippen molar-refractivity contribution in [3.8, 4) is 0 Å². The summed E-state index contributed by atoms with van der Waals surface area (Å²) in [7, 11) is 0. The summed E-state index contributed by atoms with van der Waals surface area (Å²) >= 11 is 0. The number of hydrogen-bond donors (Lipinski definition) is 2. The molecule has 1 aromatic carbocycles. The summed E-state index contributed by atoms with van der Waals surface area (Å²) in [5.41, 5.74) is 1.59. The maximum absolute atomic E-state index is 11.9. The van der Waals surface area contributed by atoms with Crippen molar-refractivity contribution in [2.24, 2.45) is 4.99 Å². The first-order chi connectivity index (χ1) is 10.3. The van der Waals surface area contributed by atoms with E-state index >= 15 is 0 Å². The molecule has 0 bridgehead atoms. The van der Waals surface area contributed by atoms with Crippen LogP contribution in [-0.4, -0.2) is 35.9 Å². The molecule has 2 amide bonds. The molecule has 1 atom stereocenters. The minimum atomic E-state index is -0.565. The van der Waals surface area contributed by atoms with Crippen molar-refractivity contribution >= 4 is 23.4 Å². The predicted octanol–water partition coefficient (Wildman–Crippen LogP) is 2.34. The highest BCUT2D eigenvalue weighted by Crippen LogP contribution is 2.20. The Morgan fingerprint density at radius 1 is 1.36 bits per heavy atom. The van der Waals surface area contributed by atoms with Crippen LogP contribution < -0.4 is 10.6 Å². The minimum absolute atomic E-state index is 0.0321. The van der Waals surface area contributed by atoms with E-state index in [0.717, 1.165) is 5.56 Å².